The van der Waals surface area contributed by atoms with Gasteiger partial charge in [-0.05, 0) is 37.0 Å². The van der Waals surface area contributed by atoms with Crippen molar-refractivity contribution in [2.75, 3.05) is 6.54 Å². The normalized spacial score (nSPS) is 23.8. The number of hydrogen-bond donors (Lipinski definition) is 0. The second-order valence-corrected chi connectivity index (χ2v) is 5.02. The first-order chi connectivity index (χ1) is 9.15. The molecular weight excluding hydrogens is 240 g/mol. The maximum Gasteiger partial charge on any atom is 0.239 e. The lowest BCUT2D eigenvalue weighted by molar-refractivity contribution is -0.153. The summed E-state index contributed by atoms with van der Waals surface area (Å²) in [5.41, 5.74) is 0.426. The van der Waals surface area contributed by atoms with E-state index in [9.17, 15) is 9.59 Å². The van der Waals surface area contributed by atoms with Crippen molar-refractivity contribution in [1.29, 1.82) is 0 Å². The van der Waals surface area contributed by atoms with Gasteiger partial charge in [-0.3, -0.25) is 19.5 Å². The molecule has 2 amide bonds. The van der Waals surface area contributed by atoms with Crippen molar-refractivity contribution in [3.8, 4) is 0 Å². The van der Waals surface area contributed by atoms with Crippen molar-refractivity contribution >= 4 is 11.8 Å². The van der Waals surface area contributed by atoms with Gasteiger partial charge in [0.15, 0.2) is 0 Å². The van der Waals surface area contributed by atoms with Crippen molar-refractivity contribution in [3.63, 3.8) is 0 Å². The Kier molecular flexibility index (Phi) is 3.98. The summed E-state index contributed by atoms with van der Waals surface area (Å²) >= 11 is 0. The van der Waals surface area contributed by atoms with Crippen molar-refractivity contribution in [3.05, 3.63) is 30.1 Å². The lowest BCUT2D eigenvalue weighted by Crippen LogP contribution is -2.53. The number of imide groups is 1. The summed E-state index contributed by atoms with van der Waals surface area (Å²) in [6, 6.07) is 3.78. The van der Waals surface area contributed by atoms with E-state index in [1.807, 2.05) is 26.0 Å². The maximum atomic E-state index is 12.8. The second-order valence-electron chi connectivity index (χ2n) is 5.02. The van der Waals surface area contributed by atoms with E-state index >= 15 is 0 Å². The van der Waals surface area contributed by atoms with Gasteiger partial charge in [-0.15, -0.1) is 0 Å². The topological polar surface area (TPSA) is 50.3 Å². The van der Waals surface area contributed by atoms with E-state index in [0.717, 1.165) is 12.0 Å². The summed E-state index contributed by atoms with van der Waals surface area (Å²) in [5, 5.41) is 0. The monoisotopic (exact) mass is 260 g/mol. The fourth-order valence-corrected chi connectivity index (χ4v) is 2.85. The average Bonchev–Trinajstić information content (AvgIpc) is 2.45. The molecule has 102 valence electrons. The molecule has 19 heavy (non-hydrogen) atoms. The molecule has 0 radical (unpaired) electrons. The number of carbonyl (C=O) groups is 2. The van der Waals surface area contributed by atoms with Crippen LogP contribution in [0.5, 0.6) is 0 Å². The first-order valence-electron chi connectivity index (χ1n) is 6.91. The van der Waals surface area contributed by atoms with Gasteiger partial charge in [0.05, 0.1) is 5.41 Å². The molecule has 4 nitrogen and oxygen atoms in total. The summed E-state index contributed by atoms with van der Waals surface area (Å²) < 4.78 is 0. The van der Waals surface area contributed by atoms with Gasteiger partial charge in [0, 0.05) is 25.4 Å². The van der Waals surface area contributed by atoms with Crippen LogP contribution in [0.4, 0.5) is 0 Å². The Hall–Kier alpha value is -1.71. The van der Waals surface area contributed by atoms with Crippen molar-refractivity contribution in [2.24, 2.45) is 0 Å². The highest BCUT2D eigenvalue weighted by Crippen LogP contribution is 2.38. The lowest BCUT2D eigenvalue weighted by Gasteiger charge is -2.40. The quantitative estimate of drug-likeness (QED) is 0.780. The smallest absolute Gasteiger partial charge is 0.239 e. The van der Waals surface area contributed by atoms with Gasteiger partial charge < -0.3 is 0 Å². The van der Waals surface area contributed by atoms with Gasteiger partial charge in [-0.1, -0.05) is 13.8 Å². The van der Waals surface area contributed by atoms with Gasteiger partial charge in [0.25, 0.3) is 0 Å². The number of hydrogen-bond acceptors (Lipinski definition) is 3. The zero-order valence-electron chi connectivity index (χ0n) is 11.6. The SMILES string of the molecule is CCCN1C(=O)CC[C@](CC)(c2ccncc2)C1=O. The van der Waals surface area contributed by atoms with Gasteiger partial charge in [0.2, 0.25) is 11.8 Å². The summed E-state index contributed by atoms with van der Waals surface area (Å²) in [7, 11) is 0. The molecule has 4 heteroatoms. The van der Waals surface area contributed by atoms with Crippen molar-refractivity contribution < 1.29 is 9.59 Å². The number of aromatic nitrogens is 1. The molecule has 1 saturated heterocycles. The second kappa shape index (κ2) is 5.51. The van der Waals surface area contributed by atoms with E-state index < -0.39 is 5.41 Å². The molecule has 1 aliphatic rings. The fraction of sp³-hybridized carbons (Fsp3) is 0.533. The molecule has 0 bridgehead atoms. The van der Waals surface area contributed by atoms with Crippen LogP contribution in [-0.2, 0) is 15.0 Å². The van der Waals surface area contributed by atoms with Gasteiger partial charge >= 0.3 is 0 Å². The van der Waals surface area contributed by atoms with Crippen LogP contribution < -0.4 is 0 Å². The number of piperidine rings is 1. The van der Waals surface area contributed by atoms with Crippen LogP contribution in [0.1, 0.15) is 45.1 Å². The molecule has 1 fully saturated rings. The Labute approximate surface area is 113 Å². The van der Waals surface area contributed by atoms with Crippen LogP contribution >= 0.6 is 0 Å². The summed E-state index contributed by atoms with van der Waals surface area (Å²) in [4.78, 5) is 30.1. The van der Waals surface area contributed by atoms with E-state index in [4.69, 9.17) is 0 Å². The minimum Gasteiger partial charge on any atom is -0.282 e. The van der Waals surface area contributed by atoms with E-state index in [1.165, 1.54) is 4.90 Å². The Morgan fingerprint density at radius 3 is 2.53 bits per heavy atom. The first-order valence-corrected chi connectivity index (χ1v) is 6.91. The summed E-state index contributed by atoms with van der Waals surface area (Å²) in [5.74, 6) is -0.0794. The van der Waals surface area contributed by atoms with Crippen LogP contribution in [0.3, 0.4) is 0 Å². The Balaban J connectivity index is 2.40. The first kappa shape index (κ1) is 13.7. The van der Waals surface area contributed by atoms with E-state index in [0.29, 0.717) is 25.8 Å². The zero-order valence-corrected chi connectivity index (χ0v) is 11.6. The molecule has 0 aliphatic carbocycles. The third-order valence-electron chi connectivity index (χ3n) is 4.00. The average molecular weight is 260 g/mol. The largest absolute Gasteiger partial charge is 0.282 e. The highest BCUT2D eigenvalue weighted by molar-refractivity contribution is 6.03. The lowest BCUT2D eigenvalue weighted by atomic mass is 9.71. The molecule has 1 atom stereocenters. The Morgan fingerprint density at radius 2 is 1.95 bits per heavy atom. The number of amides is 2. The zero-order chi connectivity index (χ0) is 13.9. The third kappa shape index (κ3) is 2.27. The predicted molar refractivity (Wildman–Crippen MR) is 72.5 cm³/mol. The highest BCUT2D eigenvalue weighted by Gasteiger charge is 2.46. The summed E-state index contributed by atoms with van der Waals surface area (Å²) in [6.45, 7) is 4.51. The molecule has 2 rings (SSSR count). The molecule has 2 heterocycles. The van der Waals surface area contributed by atoms with Gasteiger partial charge in [-0.2, -0.15) is 0 Å². The highest BCUT2D eigenvalue weighted by atomic mass is 16.2. The fourth-order valence-electron chi connectivity index (χ4n) is 2.85. The van der Waals surface area contributed by atoms with Crippen LogP contribution in [-0.4, -0.2) is 28.2 Å². The third-order valence-corrected chi connectivity index (χ3v) is 4.00. The number of likely N-dealkylation sites (tertiary alicyclic amines) is 1. The molecule has 0 N–H and O–H groups in total. The van der Waals surface area contributed by atoms with E-state index in [1.54, 1.807) is 12.4 Å². The van der Waals surface area contributed by atoms with E-state index in [2.05, 4.69) is 4.98 Å². The Bertz CT molecular complexity index is 472. The molecule has 0 aromatic carbocycles. The number of carbonyl (C=O) groups excluding carboxylic acids is 2. The maximum absolute atomic E-state index is 12.8. The molecule has 1 aliphatic heterocycles. The minimum absolute atomic E-state index is 0.0371. The number of pyridine rings is 1. The van der Waals surface area contributed by atoms with Crippen LogP contribution in [0.25, 0.3) is 0 Å². The molecule has 0 spiro atoms. The number of nitrogens with zero attached hydrogens (tertiary/aromatic N) is 2. The minimum atomic E-state index is -0.550. The van der Waals surface area contributed by atoms with Crippen LogP contribution in [0.15, 0.2) is 24.5 Å². The molecule has 1 aromatic heterocycles. The molecular formula is C15H20N2O2. The van der Waals surface area contributed by atoms with E-state index in [-0.39, 0.29) is 11.8 Å². The van der Waals surface area contributed by atoms with Crippen LogP contribution in [0, 0.1) is 0 Å². The molecule has 1 aromatic rings. The molecule has 0 unspecified atom stereocenters. The standard InChI is InChI=1S/C15H20N2O2/c1-3-11-17-13(18)5-8-15(4-2,14(17)19)12-6-9-16-10-7-12/h6-7,9-10H,3-5,8,11H2,1-2H3/t15-/m1/s1. The molecule has 0 saturated carbocycles. The van der Waals surface area contributed by atoms with Gasteiger partial charge in [-0.25, -0.2) is 0 Å². The predicted octanol–water partition coefficient (Wildman–Crippen LogP) is 2.29. The number of rotatable bonds is 4. The van der Waals surface area contributed by atoms with Crippen molar-refractivity contribution in [2.45, 2.75) is 44.9 Å². The summed E-state index contributed by atoms with van der Waals surface area (Å²) in [6.07, 6.45) is 5.98. The van der Waals surface area contributed by atoms with Crippen LogP contribution in [0.2, 0.25) is 0 Å². The van der Waals surface area contributed by atoms with Gasteiger partial charge in [0.1, 0.15) is 0 Å². The Morgan fingerprint density at radius 1 is 1.26 bits per heavy atom. The van der Waals surface area contributed by atoms with Crippen molar-refractivity contribution in [1.82, 2.24) is 9.88 Å².